The molecule has 2 heterocycles. The number of anilines is 2. The number of aromatic nitrogens is 2. The van der Waals surface area contributed by atoms with Gasteiger partial charge in [0.1, 0.15) is 16.8 Å². The van der Waals surface area contributed by atoms with Gasteiger partial charge < -0.3 is 4.90 Å². The Hall–Kier alpha value is -1.61. The van der Waals surface area contributed by atoms with Crippen molar-refractivity contribution in [3.05, 3.63) is 46.9 Å². The number of halogens is 1. The molecule has 0 spiro atoms. The number of hydrogen-bond acceptors (Lipinski definition) is 3. The van der Waals surface area contributed by atoms with Crippen LogP contribution in [0.3, 0.4) is 0 Å². The molecule has 3 rings (SSSR count). The average Bonchev–Trinajstić information content (AvgIpc) is 2.45. The topological polar surface area (TPSA) is 29.0 Å². The van der Waals surface area contributed by atoms with E-state index in [9.17, 15) is 0 Å². The van der Waals surface area contributed by atoms with E-state index < -0.39 is 0 Å². The summed E-state index contributed by atoms with van der Waals surface area (Å²) in [6.45, 7) is 7.40. The molecule has 0 N–H and O–H groups in total. The molecule has 0 amide bonds. The lowest BCUT2D eigenvalue weighted by Gasteiger charge is -2.34. The standard InChI is InChI=1S/C17H20ClN3/c1-11(2)17-19-15(18)9-16(20-17)21-10-12(3)8-13-6-4-5-7-14(13)21/h4-7,9,11-12H,8,10H2,1-3H3. The van der Waals surface area contributed by atoms with E-state index in [1.807, 2.05) is 6.07 Å². The van der Waals surface area contributed by atoms with Gasteiger partial charge in [0, 0.05) is 24.2 Å². The maximum atomic E-state index is 6.20. The summed E-state index contributed by atoms with van der Waals surface area (Å²) in [7, 11) is 0. The van der Waals surface area contributed by atoms with E-state index in [0.29, 0.717) is 11.1 Å². The van der Waals surface area contributed by atoms with Crippen LogP contribution in [0.2, 0.25) is 5.15 Å². The van der Waals surface area contributed by atoms with Crippen LogP contribution >= 0.6 is 11.6 Å². The average molecular weight is 302 g/mol. The lowest BCUT2D eigenvalue weighted by molar-refractivity contribution is 0.559. The predicted octanol–water partition coefficient (Wildman–Crippen LogP) is 4.58. The monoisotopic (exact) mass is 301 g/mol. The smallest absolute Gasteiger partial charge is 0.138 e. The van der Waals surface area contributed by atoms with E-state index in [4.69, 9.17) is 16.6 Å². The van der Waals surface area contributed by atoms with Gasteiger partial charge in [0.2, 0.25) is 0 Å². The Morgan fingerprint density at radius 1 is 1.24 bits per heavy atom. The molecule has 0 saturated carbocycles. The fourth-order valence-electron chi connectivity index (χ4n) is 2.83. The molecule has 1 aliphatic heterocycles. The zero-order chi connectivity index (χ0) is 15.0. The Morgan fingerprint density at radius 3 is 2.76 bits per heavy atom. The van der Waals surface area contributed by atoms with E-state index in [0.717, 1.165) is 24.6 Å². The van der Waals surface area contributed by atoms with Gasteiger partial charge in [0.15, 0.2) is 0 Å². The number of para-hydroxylation sites is 1. The van der Waals surface area contributed by atoms with Crippen molar-refractivity contribution in [2.75, 3.05) is 11.4 Å². The molecule has 1 aromatic heterocycles. The first-order valence-electron chi connectivity index (χ1n) is 7.44. The van der Waals surface area contributed by atoms with Gasteiger partial charge in [0.05, 0.1) is 0 Å². The van der Waals surface area contributed by atoms with Crippen molar-refractivity contribution in [3.8, 4) is 0 Å². The summed E-state index contributed by atoms with van der Waals surface area (Å²) in [6.07, 6.45) is 1.11. The molecule has 0 saturated heterocycles. The first-order valence-corrected chi connectivity index (χ1v) is 7.82. The summed E-state index contributed by atoms with van der Waals surface area (Å²) in [5, 5.41) is 0.513. The number of hydrogen-bond donors (Lipinski definition) is 0. The van der Waals surface area contributed by atoms with Gasteiger partial charge in [-0.1, -0.05) is 50.6 Å². The zero-order valence-corrected chi connectivity index (χ0v) is 13.4. The highest BCUT2D eigenvalue weighted by molar-refractivity contribution is 6.29. The summed E-state index contributed by atoms with van der Waals surface area (Å²) < 4.78 is 0. The Morgan fingerprint density at radius 2 is 2.00 bits per heavy atom. The normalized spacial score (nSPS) is 18.0. The first kappa shape index (κ1) is 14.3. The molecule has 0 fully saturated rings. The molecule has 1 aromatic carbocycles. The molecule has 4 heteroatoms. The minimum atomic E-state index is 0.264. The molecular formula is C17H20ClN3. The van der Waals surface area contributed by atoms with Crippen LogP contribution < -0.4 is 4.90 Å². The van der Waals surface area contributed by atoms with E-state index in [2.05, 4.69) is 54.9 Å². The van der Waals surface area contributed by atoms with Crippen LogP contribution in [0.25, 0.3) is 0 Å². The Bertz CT molecular complexity index is 654. The highest BCUT2D eigenvalue weighted by Crippen LogP contribution is 2.35. The largest absolute Gasteiger partial charge is 0.326 e. The lowest BCUT2D eigenvalue weighted by Crippen LogP contribution is -2.31. The van der Waals surface area contributed by atoms with E-state index in [-0.39, 0.29) is 5.92 Å². The van der Waals surface area contributed by atoms with Gasteiger partial charge in [0.25, 0.3) is 0 Å². The van der Waals surface area contributed by atoms with E-state index in [1.165, 1.54) is 11.3 Å². The fraction of sp³-hybridized carbons (Fsp3) is 0.412. The molecule has 1 unspecified atom stereocenters. The number of fused-ring (bicyclic) bond motifs is 1. The third kappa shape index (κ3) is 2.88. The number of benzene rings is 1. The van der Waals surface area contributed by atoms with Crippen molar-refractivity contribution in [2.24, 2.45) is 5.92 Å². The molecular weight excluding hydrogens is 282 g/mol. The van der Waals surface area contributed by atoms with Crippen LogP contribution in [0.15, 0.2) is 30.3 Å². The lowest BCUT2D eigenvalue weighted by atomic mass is 9.94. The minimum absolute atomic E-state index is 0.264. The second kappa shape index (κ2) is 5.64. The van der Waals surface area contributed by atoms with Crippen molar-refractivity contribution < 1.29 is 0 Å². The number of rotatable bonds is 2. The summed E-state index contributed by atoms with van der Waals surface area (Å²) in [5.74, 6) is 2.56. The van der Waals surface area contributed by atoms with Crippen molar-refractivity contribution in [1.29, 1.82) is 0 Å². The molecule has 2 aromatic rings. The molecule has 0 aliphatic carbocycles. The maximum absolute atomic E-state index is 6.20. The molecule has 1 aliphatic rings. The van der Waals surface area contributed by atoms with Crippen molar-refractivity contribution >= 4 is 23.1 Å². The van der Waals surface area contributed by atoms with Crippen molar-refractivity contribution in [3.63, 3.8) is 0 Å². The van der Waals surface area contributed by atoms with Gasteiger partial charge in [-0.05, 0) is 24.0 Å². The van der Waals surface area contributed by atoms with Gasteiger partial charge in [-0.15, -0.1) is 0 Å². The summed E-state index contributed by atoms with van der Waals surface area (Å²) in [5.41, 5.74) is 2.61. The van der Waals surface area contributed by atoms with Crippen LogP contribution in [0, 0.1) is 5.92 Å². The Balaban J connectivity index is 2.08. The quantitative estimate of drug-likeness (QED) is 0.760. The third-order valence-electron chi connectivity index (χ3n) is 3.84. The Kier molecular flexibility index (Phi) is 3.85. The van der Waals surface area contributed by atoms with Gasteiger partial charge >= 0.3 is 0 Å². The first-order chi connectivity index (χ1) is 10.0. The molecule has 21 heavy (non-hydrogen) atoms. The third-order valence-corrected chi connectivity index (χ3v) is 4.03. The van der Waals surface area contributed by atoms with E-state index >= 15 is 0 Å². The maximum Gasteiger partial charge on any atom is 0.138 e. The summed E-state index contributed by atoms with van der Waals surface area (Å²) in [4.78, 5) is 11.3. The van der Waals surface area contributed by atoms with Gasteiger partial charge in [-0.2, -0.15) is 0 Å². The van der Waals surface area contributed by atoms with Crippen LogP contribution in [-0.4, -0.2) is 16.5 Å². The highest BCUT2D eigenvalue weighted by atomic mass is 35.5. The molecule has 0 radical (unpaired) electrons. The van der Waals surface area contributed by atoms with Gasteiger partial charge in [-0.25, -0.2) is 9.97 Å². The van der Waals surface area contributed by atoms with Crippen LogP contribution in [0.5, 0.6) is 0 Å². The SMILES string of the molecule is CC1Cc2ccccc2N(c2cc(Cl)nc(C(C)C)n2)C1. The molecule has 110 valence electrons. The van der Waals surface area contributed by atoms with Gasteiger partial charge in [-0.3, -0.25) is 0 Å². The van der Waals surface area contributed by atoms with E-state index in [1.54, 1.807) is 0 Å². The Labute approximate surface area is 131 Å². The second-order valence-corrected chi connectivity index (χ2v) is 6.50. The zero-order valence-electron chi connectivity index (χ0n) is 12.7. The van der Waals surface area contributed by atoms with Crippen LogP contribution in [-0.2, 0) is 6.42 Å². The molecule has 3 nitrogen and oxygen atoms in total. The molecule has 1 atom stereocenters. The summed E-state index contributed by atoms with van der Waals surface area (Å²) in [6, 6.07) is 10.4. The molecule has 0 bridgehead atoms. The van der Waals surface area contributed by atoms with Crippen molar-refractivity contribution in [1.82, 2.24) is 9.97 Å². The highest BCUT2D eigenvalue weighted by Gasteiger charge is 2.24. The fourth-order valence-corrected chi connectivity index (χ4v) is 3.02. The predicted molar refractivity (Wildman–Crippen MR) is 87.4 cm³/mol. The van der Waals surface area contributed by atoms with Crippen molar-refractivity contribution in [2.45, 2.75) is 33.1 Å². The van der Waals surface area contributed by atoms with Crippen LogP contribution in [0.1, 0.15) is 38.1 Å². The van der Waals surface area contributed by atoms with Crippen LogP contribution in [0.4, 0.5) is 11.5 Å². The minimum Gasteiger partial charge on any atom is -0.326 e. The summed E-state index contributed by atoms with van der Waals surface area (Å²) >= 11 is 6.20. The number of nitrogens with zero attached hydrogens (tertiary/aromatic N) is 3. The second-order valence-electron chi connectivity index (χ2n) is 6.11.